The minimum atomic E-state index is -0.128. The zero-order valence-corrected chi connectivity index (χ0v) is 8.40. The van der Waals surface area contributed by atoms with E-state index in [0.717, 1.165) is 30.9 Å². The van der Waals surface area contributed by atoms with Gasteiger partial charge in [0.2, 0.25) is 0 Å². The molecule has 0 amide bonds. The van der Waals surface area contributed by atoms with Gasteiger partial charge in [-0.2, -0.15) is 0 Å². The van der Waals surface area contributed by atoms with Crippen LogP contribution in [0.1, 0.15) is 29.9 Å². The van der Waals surface area contributed by atoms with E-state index in [9.17, 15) is 9.59 Å². The molecule has 2 rings (SSSR count). The van der Waals surface area contributed by atoms with Crippen LogP contribution < -0.4 is 0 Å². The predicted octanol–water partition coefficient (Wildman–Crippen LogP) is 2.06. The van der Waals surface area contributed by atoms with Gasteiger partial charge in [0.1, 0.15) is 5.94 Å². The fourth-order valence-electron chi connectivity index (χ4n) is 2.21. The summed E-state index contributed by atoms with van der Waals surface area (Å²) in [6.45, 7) is 0. The quantitative estimate of drug-likeness (QED) is 0.541. The molecule has 0 aromatic heterocycles. The Morgan fingerprint density at radius 2 is 2.20 bits per heavy atom. The molecule has 1 aliphatic carbocycles. The molecule has 0 bridgehead atoms. The van der Waals surface area contributed by atoms with Crippen molar-refractivity contribution in [2.45, 2.75) is 25.2 Å². The van der Waals surface area contributed by atoms with Crippen LogP contribution in [0.25, 0.3) is 0 Å². The molecule has 0 aliphatic heterocycles. The molecule has 0 heterocycles. The predicted molar refractivity (Wildman–Crippen MR) is 57.4 cm³/mol. The highest BCUT2D eigenvalue weighted by Crippen LogP contribution is 2.32. The average Bonchev–Trinajstić information content (AvgIpc) is 2.28. The summed E-state index contributed by atoms with van der Waals surface area (Å²) < 4.78 is 0. The van der Waals surface area contributed by atoms with Crippen molar-refractivity contribution in [2.75, 3.05) is 0 Å². The number of hydrogen-bond donors (Lipinski definition) is 0. The molecule has 0 fully saturated rings. The maximum atomic E-state index is 11.6. The van der Waals surface area contributed by atoms with Crippen LogP contribution in [0.15, 0.2) is 30.3 Å². The van der Waals surface area contributed by atoms with Crippen molar-refractivity contribution in [3.63, 3.8) is 0 Å². The zero-order chi connectivity index (χ0) is 10.7. The van der Waals surface area contributed by atoms with Crippen LogP contribution in [-0.2, 0) is 16.0 Å². The Morgan fingerprint density at radius 1 is 1.40 bits per heavy atom. The maximum absolute atomic E-state index is 11.6. The highest BCUT2D eigenvalue weighted by Gasteiger charge is 2.24. The Hall–Kier alpha value is -1.66. The summed E-state index contributed by atoms with van der Waals surface area (Å²) in [6.07, 6.45) is 3.91. The van der Waals surface area contributed by atoms with Crippen molar-refractivity contribution in [3.8, 4) is 0 Å². The van der Waals surface area contributed by atoms with Gasteiger partial charge in [-0.25, -0.2) is 4.79 Å². The third kappa shape index (κ3) is 1.90. The first-order valence-corrected chi connectivity index (χ1v) is 5.15. The second-order valence-electron chi connectivity index (χ2n) is 3.81. The number of hydrogen-bond acceptors (Lipinski definition) is 2. The van der Waals surface area contributed by atoms with E-state index in [1.54, 1.807) is 5.94 Å². The van der Waals surface area contributed by atoms with Gasteiger partial charge in [0.15, 0.2) is 5.78 Å². The van der Waals surface area contributed by atoms with E-state index in [-0.39, 0.29) is 11.7 Å². The van der Waals surface area contributed by atoms with Crippen molar-refractivity contribution < 1.29 is 9.59 Å². The highest BCUT2D eigenvalue weighted by atomic mass is 16.1. The molecule has 76 valence electrons. The first kappa shape index (κ1) is 9.88. The standard InChI is InChI=1S/C13H12O2/c14-9-8-13(15)12-7-3-5-10-4-1-2-6-11(10)12/h1-2,4,6,8,12H,3,5,7H2. The third-order valence-electron chi connectivity index (χ3n) is 2.91. The van der Waals surface area contributed by atoms with E-state index in [2.05, 4.69) is 6.07 Å². The topological polar surface area (TPSA) is 34.1 Å². The Balaban J connectivity index is 2.37. The molecule has 1 aliphatic rings. The van der Waals surface area contributed by atoms with Gasteiger partial charge >= 0.3 is 0 Å². The smallest absolute Gasteiger partial charge is 0.174 e. The minimum absolute atomic E-state index is 0.114. The number of ketones is 1. The van der Waals surface area contributed by atoms with E-state index in [1.807, 2.05) is 18.2 Å². The lowest BCUT2D eigenvalue weighted by molar-refractivity contribution is -0.116. The summed E-state index contributed by atoms with van der Waals surface area (Å²) in [5, 5.41) is 0. The lowest BCUT2D eigenvalue weighted by Gasteiger charge is -2.22. The normalized spacial score (nSPS) is 18.8. The Kier molecular flexibility index (Phi) is 2.79. The molecular formula is C13H12O2. The number of rotatable bonds is 2. The molecule has 0 saturated carbocycles. The van der Waals surface area contributed by atoms with Crippen LogP contribution >= 0.6 is 0 Å². The fraction of sp³-hybridized carbons (Fsp3) is 0.308. The van der Waals surface area contributed by atoms with E-state index in [0.29, 0.717) is 0 Å². The van der Waals surface area contributed by atoms with Crippen LogP contribution in [0.4, 0.5) is 0 Å². The van der Waals surface area contributed by atoms with E-state index < -0.39 is 0 Å². The molecule has 0 N–H and O–H groups in total. The van der Waals surface area contributed by atoms with Crippen molar-refractivity contribution in [2.24, 2.45) is 0 Å². The summed E-state index contributed by atoms with van der Waals surface area (Å²) in [5.74, 6) is 1.33. The van der Waals surface area contributed by atoms with Gasteiger partial charge in [0.05, 0.1) is 6.08 Å². The monoisotopic (exact) mass is 200 g/mol. The van der Waals surface area contributed by atoms with Crippen LogP contribution in [0.5, 0.6) is 0 Å². The van der Waals surface area contributed by atoms with Crippen molar-refractivity contribution in [1.29, 1.82) is 0 Å². The molecular weight excluding hydrogens is 188 g/mol. The van der Waals surface area contributed by atoms with Gasteiger partial charge in [-0.05, 0) is 30.4 Å². The number of allylic oxidation sites excluding steroid dienone is 1. The van der Waals surface area contributed by atoms with Crippen LogP contribution in [-0.4, -0.2) is 11.7 Å². The molecule has 0 spiro atoms. The van der Waals surface area contributed by atoms with Gasteiger partial charge < -0.3 is 0 Å². The Bertz CT molecular complexity index is 428. The third-order valence-corrected chi connectivity index (χ3v) is 2.91. The molecule has 1 atom stereocenters. The molecule has 1 aromatic carbocycles. The SMILES string of the molecule is O=C=CC(=O)C1CCCc2ccccc21. The molecule has 2 heteroatoms. The molecule has 15 heavy (non-hydrogen) atoms. The van der Waals surface area contributed by atoms with Gasteiger partial charge in [-0.1, -0.05) is 24.3 Å². The van der Waals surface area contributed by atoms with E-state index in [1.165, 1.54) is 5.56 Å². The molecule has 1 aromatic rings. The second-order valence-corrected chi connectivity index (χ2v) is 3.81. The summed E-state index contributed by atoms with van der Waals surface area (Å²) in [5.41, 5.74) is 2.32. The van der Waals surface area contributed by atoms with Gasteiger partial charge in [-0.15, -0.1) is 0 Å². The fourth-order valence-corrected chi connectivity index (χ4v) is 2.21. The van der Waals surface area contributed by atoms with Crippen LogP contribution in [0.2, 0.25) is 0 Å². The van der Waals surface area contributed by atoms with Crippen LogP contribution in [0, 0.1) is 0 Å². The van der Waals surface area contributed by atoms with Crippen LogP contribution in [0.3, 0.4) is 0 Å². The van der Waals surface area contributed by atoms with E-state index in [4.69, 9.17) is 0 Å². The first-order valence-electron chi connectivity index (χ1n) is 5.15. The lowest BCUT2D eigenvalue weighted by atomic mass is 9.80. The number of carbonyl (C=O) groups excluding carboxylic acids is 2. The zero-order valence-electron chi connectivity index (χ0n) is 8.40. The number of carbonyl (C=O) groups is 1. The minimum Gasteiger partial charge on any atom is -0.293 e. The summed E-state index contributed by atoms with van der Waals surface area (Å²) in [7, 11) is 0. The maximum Gasteiger partial charge on any atom is 0.174 e. The summed E-state index contributed by atoms with van der Waals surface area (Å²) >= 11 is 0. The largest absolute Gasteiger partial charge is 0.293 e. The van der Waals surface area contributed by atoms with Crippen molar-refractivity contribution >= 4 is 11.7 Å². The average molecular weight is 200 g/mol. The summed E-state index contributed by atoms with van der Waals surface area (Å²) in [4.78, 5) is 21.8. The number of benzene rings is 1. The Labute approximate surface area is 88.6 Å². The van der Waals surface area contributed by atoms with Gasteiger partial charge in [-0.3, -0.25) is 4.79 Å². The summed E-state index contributed by atoms with van der Waals surface area (Å²) in [6, 6.07) is 7.96. The molecule has 0 saturated heterocycles. The van der Waals surface area contributed by atoms with Crippen molar-refractivity contribution in [3.05, 3.63) is 41.5 Å². The van der Waals surface area contributed by atoms with Crippen molar-refractivity contribution in [1.82, 2.24) is 0 Å². The number of fused-ring (bicyclic) bond motifs is 1. The Morgan fingerprint density at radius 3 is 3.00 bits per heavy atom. The molecule has 2 nitrogen and oxygen atoms in total. The second kappa shape index (κ2) is 4.24. The molecule has 1 unspecified atom stereocenters. The lowest BCUT2D eigenvalue weighted by Crippen LogP contribution is -2.16. The number of aryl methyl sites for hydroxylation is 1. The first-order chi connectivity index (χ1) is 7.33. The van der Waals surface area contributed by atoms with Gasteiger partial charge in [0, 0.05) is 5.92 Å². The highest BCUT2D eigenvalue weighted by molar-refractivity contribution is 6.00. The van der Waals surface area contributed by atoms with E-state index >= 15 is 0 Å². The molecule has 0 radical (unpaired) electrons. The van der Waals surface area contributed by atoms with Gasteiger partial charge in [0.25, 0.3) is 0 Å².